The molecule has 21 heavy (non-hydrogen) atoms. The highest BCUT2D eigenvalue weighted by Gasteiger charge is 2.26. The van der Waals surface area contributed by atoms with Crippen LogP contribution in [0, 0.1) is 5.92 Å². The summed E-state index contributed by atoms with van der Waals surface area (Å²) in [5.74, 6) is -2.27. The predicted molar refractivity (Wildman–Crippen MR) is 80.0 cm³/mol. The summed E-state index contributed by atoms with van der Waals surface area (Å²) in [7, 11) is 1.24. The van der Waals surface area contributed by atoms with E-state index in [1.807, 2.05) is 30.3 Å². The van der Waals surface area contributed by atoms with Crippen LogP contribution in [0.25, 0.3) is 6.08 Å². The quantitative estimate of drug-likeness (QED) is 0.514. The molecule has 1 amide bonds. The van der Waals surface area contributed by atoms with Crippen LogP contribution in [0.4, 0.5) is 0 Å². The Hall–Kier alpha value is -2.14. The van der Waals surface area contributed by atoms with Crippen molar-refractivity contribution in [2.75, 3.05) is 7.11 Å². The number of amides is 1. The first-order valence-electron chi connectivity index (χ1n) is 6.62. The van der Waals surface area contributed by atoms with E-state index in [1.165, 1.54) is 13.2 Å². The summed E-state index contributed by atoms with van der Waals surface area (Å²) in [5.41, 5.74) is 2.63. The minimum Gasteiger partial charge on any atom is -0.468 e. The molecular weight excluding hydrogens is 270 g/mol. The van der Waals surface area contributed by atoms with E-state index in [4.69, 9.17) is 4.84 Å². The van der Waals surface area contributed by atoms with Crippen molar-refractivity contribution >= 4 is 18.0 Å². The summed E-state index contributed by atoms with van der Waals surface area (Å²) in [6.07, 6.45) is 3.18. The zero-order valence-corrected chi connectivity index (χ0v) is 12.8. The maximum absolute atomic E-state index is 12.0. The number of carbonyl (C=O) groups is 2. The van der Waals surface area contributed by atoms with Gasteiger partial charge in [0.15, 0.2) is 5.92 Å². The van der Waals surface area contributed by atoms with Gasteiger partial charge in [0.25, 0.3) is 5.91 Å². The number of hydroxylamine groups is 1. The average molecular weight is 291 g/mol. The maximum atomic E-state index is 12.0. The van der Waals surface area contributed by atoms with Crippen molar-refractivity contribution in [2.45, 2.75) is 26.4 Å². The first-order valence-corrected chi connectivity index (χ1v) is 6.62. The molecule has 0 saturated carbocycles. The lowest BCUT2D eigenvalue weighted by molar-refractivity contribution is -0.158. The molecule has 0 aromatic heterocycles. The Morgan fingerprint density at radius 2 is 1.81 bits per heavy atom. The number of carbonyl (C=O) groups excluding carboxylic acids is 2. The van der Waals surface area contributed by atoms with E-state index in [2.05, 4.69) is 10.2 Å². The van der Waals surface area contributed by atoms with Gasteiger partial charge < -0.3 is 4.74 Å². The Kier molecular flexibility index (Phi) is 6.11. The molecule has 0 heterocycles. The lowest BCUT2D eigenvalue weighted by Gasteiger charge is -2.20. The van der Waals surface area contributed by atoms with Crippen LogP contribution in [-0.4, -0.2) is 24.6 Å². The van der Waals surface area contributed by atoms with Crippen LogP contribution in [0.3, 0.4) is 0 Å². The predicted octanol–water partition coefficient (Wildman–Crippen LogP) is 2.34. The normalized spacial score (nSPS) is 13.0. The number of hydrogen-bond acceptors (Lipinski definition) is 4. The number of nitrogens with one attached hydrogen (secondary N) is 1. The number of ether oxygens (including phenoxy) is 1. The molecule has 1 aromatic rings. The molecule has 114 valence electrons. The van der Waals surface area contributed by atoms with Crippen LogP contribution in [0.1, 0.15) is 26.3 Å². The second-order valence-electron chi connectivity index (χ2n) is 5.45. The highest BCUT2D eigenvalue weighted by atomic mass is 16.7. The number of hydrogen-bond donors (Lipinski definition) is 1. The van der Waals surface area contributed by atoms with Crippen molar-refractivity contribution in [3.8, 4) is 0 Å². The van der Waals surface area contributed by atoms with Crippen LogP contribution in [0.5, 0.6) is 0 Å². The van der Waals surface area contributed by atoms with E-state index >= 15 is 0 Å². The molecule has 1 aromatic carbocycles. The lowest BCUT2D eigenvalue weighted by atomic mass is 10.1. The third kappa shape index (κ3) is 6.23. The highest BCUT2D eigenvalue weighted by Crippen LogP contribution is 2.10. The van der Waals surface area contributed by atoms with E-state index in [9.17, 15) is 9.59 Å². The second kappa shape index (κ2) is 7.59. The fraction of sp³-hybridized carbons (Fsp3) is 0.375. The van der Waals surface area contributed by atoms with Gasteiger partial charge in [-0.3, -0.25) is 14.4 Å². The molecule has 0 aliphatic carbocycles. The zero-order chi connectivity index (χ0) is 15.9. The molecule has 0 aliphatic rings. The van der Waals surface area contributed by atoms with Crippen LogP contribution in [-0.2, 0) is 19.2 Å². The second-order valence-corrected chi connectivity index (χ2v) is 5.45. The molecule has 0 spiro atoms. The monoisotopic (exact) mass is 291 g/mol. The smallest absolute Gasteiger partial charge is 0.322 e. The molecule has 0 radical (unpaired) electrons. The molecule has 1 unspecified atom stereocenters. The summed E-state index contributed by atoms with van der Waals surface area (Å²) >= 11 is 0. The van der Waals surface area contributed by atoms with Gasteiger partial charge in [-0.1, -0.05) is 42.5 Å². The summed E-state index contributed by atoms with van der Waals surface area (Å²) < 4.78 is 4.65. The van der Waals surface area contributed by atoms with E-state index in [0.29, 0.717) is 0 Å². The molecule has 0 aliphatic heterocycles. The van der Waals surface area contributed by atoms with Crippen LogP contribution in [0.15, 0.2) is 36.4 Å². The molecule has 0 bridgehead atoms. The van der Waals surface area contributed by atoms with E-state index < -0.39 is 23.4 Å². The Morgan fingerprint density at radius 3 is 2.33 bits per heavy atom. The maximum Gasteiger partial charge on any atom is 0.322 e. The van der Waals surface area contributed by atoms with Crippen molar-refractivity contribution in [1.29, 1.82) is 0 Å². The summed E-state index contributed by atoms with van der Waals surface area (Å²) in [6, 6.07) is 9.37. The Balaban J connectivity index is 2.79. The average Bonchev–Trinajstić information content (AvgIpc) is 2.45. The molecule has 1 atom stereocenters. The van der Waals surface area contributed by atoms with Crippen LogP contribution < -0.4 is 5.48 Å². The molecule has 5 heteroatoms. The summed E-state index contributed by atoms with van der Waals surface area (Å²) in [5, 5.41) is 0. The van der Waals surface area contributed by atoms with Crippen molar-refractivity contribution < 1.29 is 19.2 Å². The van der Waals surface area contributed by atoms with E-state index in [0.717, 1.165) is 5.56 Å². The first kappa shape index (κ1) is 16.9. The van der Waals surface area contributed by atoms with Gasteiger partial charge in [-0.25, -0.2) is 5.48 Å². The van der Waals surface area contributed by atoms with Crippen molar-refractivity contribution in [2.24, 2.45) is 5.92 Å². The lowest BCUT2D eigenvalue weighted by Crippen LogP contribution is -2.39. The van der Waals surface area contributed by atoms with Crippen molar-refractivity contribution in [1.82, 2.24) is 5.48 Å². The Morgan fingerprint density at radius 1 is 1.19 bits per heavy atom. The van der Waals surface area contributed by atoms with Gasteiger partial charge in [-0.15, -0.1) is 0 Å². The third-order valence-corrected chi connectivity index (χ3v) is 2.48. The van der Waals surface area contributed by atoms with E-state index in [1.54, 1.807) is 26.8 Å². The number of benzene rings is 1. The van der Waals surface area contributed by atoms with Gasteiger partial charge in [-0.2, -0.15) is 0 Å². The Labute approximate surface area is 124 Å². The Bertz CT molecular complexity index is 503. The fourth-order valence-electron chi connectivity index (χ4n) is 1.44. The number of methoxy groups -OCH3 is 1. The molecule has 0 saturated heterocycles. The zero-order valence-electron chi connectivity index (χ0n) is 12.8. The first-order chi connectivity index (χ1) is 9.83. The number of esters is 1. The van der Waals surface area contributed by atoms with Gasteiger partial charge in [0.1, 0.15) is 0 Å². The minimum atomic E-state index is -1.06. The summed E-state index contributed by atoms with van der Waals surface area (Å²) in [6.45, 7) is 5.38. The van der Waals surface area contributed by atoms with Crippen molar-refractivity contribution in [3.05, 3.63) is 42.0 Å². The molecule has 0 fully saturated rings. The largest absolute Gasteiger partial charge is 0.468 e. The fourth-order valence-corrected chi connectivity index (χ4v) is 1.44. The molecule has 1 N–H and O–H groups in total. The molecule has 5 nitrogen and oxygen atoms in total. The summed E-state index contributed by atoms with van der Waals surface area (Å²) in [4.78, 5) is 28.9. The molecular formula is C16H21NO4. The SMILES string of the molecule is COC(=O)C(/C=C/c1ccccc1)C(=O)NOC(C)(C)C. The minimum absolute atomic E-state index is 0.542. The van der Waals surface area contributed by atoms with Gasteiger partial charge >= 0.3 is 5.97 Å². The third-order valence-electron chi connectivity index (χ3n) is 2.48. The standard InChI is InChI=1S/C16H21NO4/c1-16(2,3)21-17-14(18)13(15(19)20-4)11-10-12-8-6-5-7-9-12/h5-11,13H,1-4H3,(H,17,18)/b11-10+. The molecule has 1 rings (SSSR count). The highest BCUT2D eigenvalue weighted by molar-refractivity contribution is 6.00. The van der Waals surface area contributed by atoms with Gasteiger partial charge in [0.05, 0.1) is 12.7 Å². The van der Waals surface area contributed by atoms with E-state index in [-0.39, 0.29) is 0 Å². The van der Waals surface area contributed by atoms with Gasteiger partial charge in [-0.05, 0) is 26.3 Å². The van der Waals surface area contributed by atoms with Crippen LogP contribution in [0.2, 0.25) is 0 Å². The van der Waals surface area contributed by atoms with Crippen molar-refractivity contribution in [3.63, 3.8) is 0 Å². The topological polar surface area (TPSA) is 64.6 Å². The van der Waals surface area contributed by atoms with Gasteiger partial charge in [0.2, 0.25) is 0 Å². The van der Waals surface area contributed by atoms with Crippen LogP contribution >= 0.6 is 0 Å². The van der Waals surface area contributed by atoms with Gasteiger partial charge in [0, 0.05) is 0 Å². The number of rotatable bonds is 5.